The predicted octanol–water partition coefficient (Wildman–Crippen LogP) is -0.749. The molecule has 0 fully saturated rings. The van der Waals surface area contributed by atoms with Crippen LogP contribution in [0.4, 0.5) is 0 Å². The summed E-state index contributed by atoms with van der Waals surface area (Å²) in [6.07, 6.45) is 2.87. The first kappa shape index (κ1) is 13.8. The second kappa shape index (κ2) is 7.15. The number of amides is 1. The van der Waals surface area contributed by atoms with Crippen LogP contribution in [0.1, 0.15) is 6.92 Å². The molecule has 0 saturated carbocycles. The summed E-state index contributed by atoms with van der Waals surface area (Å²) in [5, 5.41) is 10.4. The maximum absolute atomic E-state index is 11.9. The van der Waals surface area contributed by atoms with E-state index in [1.165, 1.54) is 22.0 Å². The number of hydrogen-bond acceptors (Lipinski definition) is 6. The standard InChI is InChI=1S/C10H15N5O3/c1-3-5-14(7-10(17)18-4-2)9(16)6-15-8-11-12-13-15/h3,8H,1,4-7H2,2H3. The van der Waals surface area contributed by atoms with Crippen LogP contribution >= 0.6 is 0 Å². The van der Waals surface area contributed by atoms with Gasteiger partial charge < -0.3 is 9.64 Å². The van der Waals surface area contributed by atoms with E-state index in [2.05, 4.69) is 22.1 Å². The maximum Gasteiger partial charge on any atom is 0.325 e. The summed E-state index contributed by atoms with van der Waals surface area (Å²) in [6.45, 7) is 5.65. The van der Waals surface area contributed by atoms with E-state index < -0.39 is 5.97 Å². The van der Waals surface area contributed by atoms with Crippen molar-refractivity contribution in [3.8, 4) is 0 Å². The Hall–Kier alpha value is -2.25. The molecule has 1 aromatic heterocycles. The molecule has 8 heteroatoms. The van der Waals surface area contributed by atoms with Gasteiger partial charge in [-0.2, -0.15) is 0 Å². The molecule has 0 saturated heterocycles. The van der Waals surface area contributed by atoms with Crippen LogP contribution in [-0.4, -0.2) is 56.7 Å². The topological polar surface area (TPSA) is 90.2 Å². The quantitative estimate of drug-likeness (QED) is 0.469. The highest BCUT2D eigenvalue weighted by Crippen LogP contribution is 1.95. The van der Waals surface area contributed by atoms with Crippen LogP contribution in [0.2, 0.25) is 0 Å². The van der Waals surface area contributed by atoms with E-state index in [4.69, 9.17) is 4.74 Å². The van der Waals surface area contributed by atoms with Crippen molar-refractivity contribution in [3.05, 3.63) is 19.0 Å². The molecule has 18 heavy (non-hydrogen) atoms. The van der Waals surface area contributed by atoms with E-state index in [1.807, 2.05) is 0 Å². The van der Waals surface area contributed by atoms with Gasteiger partial charge in [0.1, 0.15) is 19.4 Å². The molecule has 0 radical (unpaired) electrons. The Balaban J connectivity index is 2.57. The highest BCUT2D eigenvalue weighted by Gasteiger charge is 2.17. The molecular weight excluding hydrogens is 238 g/mol. The Morgan fingerprint density at radius 1 is 1.56 bits per heavy atom. The monoisotopic (exact) mass is 253 g/mol. The molecule has 0 bridgehead atoms. The Morgan fingerprint density at radius 2 is 2.33 bits per heavy atom. The average molecular weight is 253 g/mol. The van der Waals surface area contributed by atoms with Crippen molar-refractivity contribution in [2.45, 2.75) is 13.5 Å². The van der Waals surface area contributed by atoms with E-state index in [-0.39, 0.29) is 32.1 Å². The fraction of sp³-hybridized carbons (Fsp3) is 0.500. The molecule has 0 aliphatic heterocycles. The molecule has 1 amide bonds. The second-order valence-corrected chi connectivity index (χ2v) is 3.38. The van der Waals surface area contributed by atoms with Crippen molar-refractivity contribution in [2.75, 3.05) is 19.7 Å². The van der Waals surface area contributed by atoms with Gasteiger partial charge in [0.15, 0.2) is 0 Å². The number of carbonyl (C=O) groups excluding carboxylic acids is 2. The lowest BCUT2D eigenvalue weighted by molar-refractivity contribution is -0.148. The fourth-order valence-electron chi connectivity index (χ4n) is 1.26. The third-order valence-corrected chi connectivity index (χ3v) is 2.02. The summed E-state index contributed by atoms with van der Waals surface area (Å²) in [5.41, 5.74) is 0. The Morgan fingerprint density at radius 3 is 2.89 bits per heavy atom. The molecule has 0 spiro atoms. The molecule has 0 aliphatic carbocycles. The van der Waals surface area contributed by atoms with Gasteiger partial charge in [0.2, 0.25) is 5.91 Å². The van der Waals surface area contributed by atoms with Crippen molar-refractivity contribution in [1.82, 2.24) is 25.1 Å². The van der Waals surface area contributed by atoms with Crippen molar-refractivity contribution in [2.24, 2.45) is 0 Å². The molecule has 0 atom stereocenters. The van der Waals surface area contributed by atoms with Gasteiger partial charge in [0.25, 0.3) is 0 Å². The number of ether oxygens (including phenoxy) is 1. The molecule has 0 aliphatic rings. The van der Waals surface area contributed by atoms with Crippen LogP contribution in [0.15, 0.2) is 19.0 Å². The van der Waals surface area contributed by atoms with E-state index in [0.717, 1.165) is 0 Å². The number of carbonyl (C=O) groups is 2. The van der Waals surface area contributed by atoms with E-state index in [9.17, 15) is 9.59 Å². The minimum atomic E-state index is -0.454. The Labute approximate surface area is 104 Å². The number of esters is 1. The molecule has 98 valence electrons. The van der Waals surface area contributed by atoms with Gasteiger partial charge in [-0.15, -0.1) is 11.7 Å². The first-order valence-electron chi connectivity index (χ1n) is 5.42. The Kier molecular flexibility index (Phi) is 5.49. The number of aromatic nitrogens is 4. The highest BCUT2D eigenvalue weighted by atomic mass is 16.5. The predicted molar refractivity (Wildman–Crippen MR) is 61.2 cm³/mol. The summed E-state index contributed by atoms with van der Waals surface area (Å²) >= 11 is 0. The first-order chi connectivity index (χ1) is 8.67. The number of nitrogens with zero attached hydrogens (tertiary/aromatic N) is 5. The van der Waals surface area contributed by atoms with E-state index >= 15 is 0 Å². The van der Waals surface area contributed by atoms with Crippen LogP contribution in [0.5, 0.6) is 0 Å². The minimum Gasteiger partial charge on any atom is -0.465 e. The van der Waals surface area contributed by atoms with E-state index in [1.54, 1.807) is 6.92 Å². The molecule has 8 nitrogen and oxygen atoms in total. The minimum absolute atomic E-state index is 0.0275. The SMILES string of the molecule is C=CCN(CC(=O)OCC)C(=O)Cn1cnnn1. The summed E-state index contributed by atoms with van der Waals surface area (Å²) in [7, 11) is 0. The number of hydrogen-bond donors (Lipinski definition) is 0. The third-order valence-electron chi connectivity index (χ3n) is 2.02. The van der Waals surface area contributed by atoms with Gasteiger partial charge in [0, 0.05) is 6.54 Å². The summed E-state index contributed by atoms with van der Waals surface area (Å²) in [5.74, 6) is -0.736. The lowest BCUT2D eigenvalue weighted by Crippen LogP contribution is -2.38. The fourth-order valence-corrected chi connectivity index (χ4v) is 1.26. The zero-order chi connectivity index (χ0) is 13.4. The average Bonchev–Trinajstić information content (AvgIpc) is 2.81. The molecule has 0 unspecified atom stereocenters. The summed E-state index contributed by atoms with van der Waals surface area (Å²) in [4.78, 5) is 24.6. The first-order valence-corrected chi connectivity index (χ1v) is 5.42. The van der Waals surface area contributed by atoms with Gasteiger partial charge >= 0.3 is 5.97 Å². The molecule has 0 N–H and O–H groups in total. The van der Waals surface area contributed by atoms with Gasteiger partial charge in [-0.25, -0.2) is 4.68 Å². The van der Waals surface area contributed by atoms with Gasteiger partial charge in [0.05, 0.1) is 6.61 Å². The lowest BCUT2D eigenvalue weighted by Gasteiger charge is -2.19. The van der Waals surface area contributed by atoms with Crippen molar-refractivity contribution < 1.29 is 14.3 Å². The van der Waals surface area contributed by atoms with Crippen LogP contribution < -0.4 is 0 Å². The van der Waals surface area contributed by atoms with Crippen molar-refractivity contribution >= 4 is 11.9 Å². The van der Waals surface area contributed by atoms with Gasteiger partial charge in [-0.3, -0.25) is 9.59 Å². The summed E-state index contributed by atoms with van der Waals surface area (Å²) < 4.78 is 6.07. The van der Waals surface area contributed by atoms with E-state index in [0.29, 0.717) is 0 Å². The molecule has 1 aromatic rings. The van der Waals surface area contributed by atoms with Crippen LogP contribution in [0, 0.1) is 0 Å². The van der Waals surface area contributed by atoms with Gasteiger partial charge in [-0.1, -0.05) is 6.08 Å². The molecule has 1 rings (SSSR count). The van der Waals surface area contributed by atoms with Crippen molar-refractivity contribution in [1.29, 1.82) is 0 Å². The lowest BCUT2D eigenvalue weighted by atomic mass is 10.4. The van der Waals surface area contributed by atoms with Crippen LogP contribution in [0.25, 0.3) is 0 Å². The number of rotatable bonds is 7. The third kappa shape index (κ3) is 4.32. The summed E-state index contributed by atoms with van der Waals surface area (Å²) in [6, 6.07) is 0. The molecular formula is C10H15N5O3. The van der Waals surface area contributed by atoms with Crippen LogP contribution in [-0.2, 0) is 20.9 Å². The second-order valence-electron chi connectivity index (χ2n) is 3.38. The van der Waals surface area contributed by atoms with Gasteiger partial charge in [-0.05, 0) is 17.4 Å². The highest BCUT2D eigenvalue weighted by molar-refractivity contribution is 5.82. The normalized spacial score (nSPS) is 9.83. The zero-order valence-electron chi connectivity index (χ0n) is 10.2. The largest absolute Gasteiger partial charge is 0.465 e. The van der Waals surface area contributed by atoms with Crippen molar-refractivity contribution in [3.63, 3.8) is 0 Å². The Bertz CT molecular complexity index is 404. The maximum atomic E-state index is 11.9. The smallest absolute Gasteiger partial charge is 0.325 e. The number of tetrazole rings is 1. The molecule has 0 aromatic carbocycles. The molecule has 1 heterocycles. The zero-order valence-corrected chi connectivity index (χ0v) is 10.2. The van der Waals surface area contributed by atoms with Crippen LogP contribution in [0.3, 0.4) is 0 Å².